The summed E-state index contributed by atoms with van der Waals surface area (Å²) in [6.07, 6.45) is 1.50. The van der Waals surface area contributed by atoms with Crippen molar-refractivity contribution in [3.63, 3.8) is 0 Å². The van der Waals surface area contributed by atoms with E-state index in [0.29, 0.717) is 5.82 Å². The number of nitrogens with zero attached hydrogens (tertiary/aromatic N) is 1. The van der Waals surface area contributed by atoms with Gasteiger partial charge in [0.1, 0.15) is 5.82 Å². The molecule has 0 fully saturated rings. The molecule has 2 rings (SSSR count). The van der Waals surface area contributed by atoms with E-state index in [1.807, 2.05) is 0 Å². The van der Waals surface area contributed by atoms with Crippen LogP contribution < -0.4 is 5.32 Å². The number of aromatic amines is 1. The number of rotatable bonds is 2. The number of aromatic hydroxyl groups is 2. The molecule has 1 aromatic heterocycles. The topological polar surface area (TPSA) is 98.2 Å². The van der Waals surface area contributed by atoms with E-state index in [1.54, 1.807) is 6.07 Å². The van der Waals surface area contributed by atoms with E-state index in [4.69, 9.17) is 5.11 Å². The molecule has 4 N–H and O–H groups in total. The summed E-state index contributed by atoms with van der Waals surface area (Å²) >= 11 is 0. The predicted octanol–water partition coefficient (Wildman–Crippen LogP) is 1.07. The third kappa shape index (κ3) is 1.95. The second-order valence-corrected chi connectivity index (χ2v) is 3.13. The number of hydrogen-bond donors (Lipinski definition) is 4. The lowest BCUT2D eigenvalue weighted by Crippen LogP contribution is -2.11. The molecular weight excluding hydrogens is 210 g/mol. The number of carbonyl (C=O) groups is 1. The first-order valence-electron chi connectivity index (χ1n) is 4.49. The lowest BCUT2D eigenvalue weighted by molar-refractivity contribution is 0.102. The van der Waals surface area contributed by atoms with Gasteiger partial charge in [0, 0.05) is 11.6 Å². The summed E-state index contributed by atoms with van der Waals surface area (Å²) < 4.78 is 0. The molecule has 2 aromatic rings. The molecule has 0 aliphatic carbocycles. The average Bonchev–Trinajstić information content (AvgIpc) is 2.74. The van der Waals surface area contributed by atoms with Crippen LogP contribution >= 0.6 is 0 Å². The Morgan fingerprint density at radius 2 is 2.06 bits per heavy atom. The molecule has 1 amide bonds. The van der Waals surface area contributed by atoms with E-state index >= 15 is 0 Å². The largest absolute Gasteiger partial charge is 0.504 e. The molecule has 16 heavy (non-hydrogen) atoms. The Labute approximate surface area is 90.6 Å². The van der Waals surface area contributed by atoms with Crippen LogP contribution in [-0.2, 0) is 0 Å². The van der Waals surface area contributed by atoms with Gasteiger partial charge in [-0.05, 0) is 18.2 Å². The minimum Gasteiger partial charge on any atom is -0.504 e. The van der Waals surface area contributed by atoms with Gasteiger partial charge in [-0.2, -0.15) is 5.10 Å². The van der Waals surface area contributed by atoms with Gasteiger partial charge in [-0.25, -0.2) is 0 Å². The van der Waals surface area contributed by atoms with Crippen LogP contribution in [0, 0.1) is 0 Å². The number of benzene rings is 1. The molecule has 0 unspecified atom stereocenters. The standard InChI is InChI=1S/C10H9N3O3/c14-7-2-1-6(5-8(7)15)10(16)12-9-3-4-11-13-9/h1-5,14-15H,(H2,11,12,13,16). The van der Waals surface area contributed by atoms with Gasteiger partial charge in [-0.1, -0.05) is 0 Å². The van der Waals surface area contributed by atoms with Crippen LogP contribution in [0.3, 0.4) is 0 Å². The van der Waals surface area contributed by atoms with Crippen molar-refractivity contribution in [3.05, 3.63) is 36.0 Å². The Bertz CT molecular complexity index is 508. The molecule has 1 aromatic carbocycles. The minimum absolute atomic E-state index is 0.241. The van der Waals surface area contributed by atoms with Crippen molar-refractivity contribution in [1.29, 1.82) is 0 Å². The van der Waals surface area contributed by atoms with Crippen LogP contribution in [0.2, 0.25) is 0 Å². The first-order chi connectivity index (χ1) is 7.66. The summed E-state index contributed by atoms with van der Waals surface area (Å²) in [5, 5.41) is 27.1. The Kier molecular flexibility index (Phi) is 2.47. The summed E-state index contributed by atoms with van der Waals surface area (Å²) in [7, 11) is 0. The van der Waals surface area contributed by atoms with Gasteiger partial charge in [0.15, 0.2) is 11.5 Å². The fraction of sp³-hybridized carbons (Fsp3) is 0. The van der Waals surface area contributed by atoms with E-state index in [-0.39, 0.29) is 17.1 Å². The number of phenolic OH excluding ortho intramolecular Hbond substituents is 2. The van der Waals surface area contributed by atoms with Crippen molar-refractivity contribution < 1.29 is 15.0 Å². The second-order valence-electron chi connectivity index (χ2n) is 3.13. The first-order valence-corrected chi connectivity index (χ1v) is 4.49. The van der Waals surface area contributed by atoms with E-state index in [0.717, 1.165) is 0 Å². The van der Waals surface area contributed by atoms with Crippen LogP contribution in [0.1, 0.15) is 10.4 Å². The zero-order chi connectivity index (χ0) is 11.5. The third-order valence-electron chi connectivity index (χ3n) is 1.99. The van der Waals surface area contributed by atoms with Crippen LogP contribution in [0.4, 0.5) is 5.82 Å². The average molecular weight is 219 g/mol. The van der Waals surface area contributed by atoms with Gasteiger partial charge < -0.3 is 15.5 Å². The van der Waals surface area contributed by atoms with E-state index in [9.17, 15) is 9.90 Å². The molecule has 6 heteroatoms. The van der Waals surface area contributed by atoms with Crippen molar-refractivity contribution in [1.82, 2.24) is 10.2 Å². The summed E-state index contributed by atoms with van der Waals surface area (Å²) in [6.45, 7) is 0. The molecule has 0 aliphatic rings. The van der Waals surface area contributed by atoms with Crippen molar-refractivity contribution in [3.8, 4) is 11.5 Å². The smallest absolute Gasteiger partial charge is 0.256 e. The van der Waals surface area contributed by atoms with Crippen LogP contribution in [-0.4, -0.2) is 26.3 Å². The van der Waals surface area contributed by atoms with Gasteiger partial charge in [-0.3, -0.25) is 9.89 Å². The SMILES string of the molecule is O=C(Nc1ccn[nH]1)c1ccc(O)c(O)c1. The third-order valence-corrected chi connectivity index (χ3v) is 1.99. The molecule has 0 spiro atoms. The Balaban J connectivity index is 2.18. The highest BCUT2D eigenvalue weighted by molar-refractivity contribution is 6.04. The molecule has 6 nitrogen and oxygen atoms in total. The van der Waals surface area contributed by atoms with Crippen molar-refractivity contribution in [2.45, 2.75) is 0 Å². The highest BCUT2D eigenvalue weighted by Crippen LogP contribution is 2.25. The Morgan fingerprint density at radius 1 is 1.25 bits per heavy atom. The van der Waals surface area contributed by atoms with Crippen molar-refractivity contribution in [2.75, 3.05) is 5.32 Å². The second kappa shape index (κ2) is 3.93. The molecule has 0 radical (unpaired) electrons. The summed E-state index contributed by atoms with van der Waals surface area (Å²) in [5.74, 6) is -0.549. The van der Waals surface area contributed by atoms with Crippen LogP contribution in [0.15, 0.2) is 30.5 Å². The normalized spacial score (nSPS) is 10.0. The van der Waals surface area contributed by atoms with Gasteiger partial charge in [0.2, 0.25) is 0 Å². The van der Waals surface area contributed by atoms with E-state index in [2.05, 4.69) is 15.5 Å². The molecule has 0 aliphatic heterocycles. The molecular formula is C10H9N3O3. The highest BCUT2D eigenvalue weighted by Gasteiger charge is 2.09. The van der Waals surface area contributed by atoms with Gasteiger partial charge in [-0.15, -0.1) is 0 Å². The number of aromatic nitrogens is 2. The van der Waals surface area contributed by atoms with Crippen molar-refractivity contribution in [2.24, 2.45) is 0 Å². The van der Waals surface area contributed by atoms with Gasteiger partial charge in [0.05, 0.1) is 6.20 Å². The zero-order valence-electron chi connectivity index (χ0n) is 8.14. The number of hydrogen-bond acceptors (Lipinski definition) is 4. The lowest BCUT2D eigenvalue weighted by atomic mass is 10.2. The molecule has 0 saturated carbocycles. The molecule has 0 saturated heterocycles. The molecule has 0 bridgehead atoms. The molecule has 82 valence electrons. The summed E-state index contributed by atoms with van der Waals surface area (Å²) in [4.78, 5) is 11.6. The number of carbonyl (C=O) groups excluding carboxylic acids is 1. The number of nitrogens with one attached hydrogen (secondary N) is 2. The van der Waals surface area contributed by atoms with E-state index in [1.165, 1.54) is 24.4 Å². The Morgan fingerprint density at radius 3 is 2.69 bits per heavy atom. The quantitative estimate of drug-likeness (QED) is 0.568. The maximum absolute atomic E-state index is 11.6. The van der Waals surface area contributed by atoms with Gasteiger partial charge in [0.25, 0.3) is 5.91 Å². The van der Waals surface area contributed by atoms with E-state index < -0.39 is 5.91 Å². The van der Waals surface area contributed by atoms with Crippen LogP contribution in [0.25, 0.3) is 0 Å². The summed E-state index contributed by atoms with van der Waals surface area (Å²) in [6, 6.07) is 5.43. The number of anilines is 1. The molecule has 1 heterocycles. The van der Waals surface area contributed by atoms with Crippen molar-refractivity contribution >= 4 is 11.7 Å². The monoisotopic (exact) mass is 219 g/mol. The molecule has 0 atom stereocenters. The number of phenols is 2. The Hall–Kier alpha value is -2.50. The fourth-order valence-electron chi connectivity index (χ4n) is 1.18. The lowest BCUT2D eigenvalue weighted by Gasteiger charge is -2.03. The highest BCUT2D eigenvalue weighted by atomic mass is 16.3. The number of amides is 1. The summed E-state index contributed by atoms with van der Waals surface area (Å²) in [5.41, 5.74) is 0.241. The van der Waals surface area contributed by atoms with Gasteiger partial charge >= 0.3 is 0 Å². The maximum atomic E-state index is 11.6. The maximum Gasteiger partial charge on any atom is 0.256 e. The zero-order valence-corrected chi connectivity index (χ0v) is 8.14. The predicted molar refractivity (Wildman–Crippen MR) is 56.3 cm³/mol. The minimum atomic E-state index is -0.403. The fourth-order valence-corrected chi connectivity index (χ4v) is 1.18. The number of H-pyrrole nitrogens is 1. The first kappa shape index (κ1) is 10.0. The van der Waals surface area contributed by atoms with Crippen LogP contribution in [0.5, 0.6) is 11.5 Å².